The summed E-state index contributed by atoms with van der Waals surface area (Å²) in [5, 5.41) is 11.6. The normalized spacial score (nSPS) is 23.3. The number of unbranched alkanes of at least 4 members (excludes halogenated alkanes) is 1. The van der Waals surface area contributed by atoms with Crippen LogP contribution in [0.1, 0.15) is 59.9 Å². The molecule has 0 spiro atoms. The van der Waals surface area contributed by atoms with Gasteiger partial charge in [0.05, 0.1) is 19.8 Å². The molecule has 1 N–H and O–H groups in total. The van der Waals surface area contributed by atoms with Crippen molar-refractivity contribution in [1.82, 2.24) is 0 Å². The Kier molecular flexibility index (Phi) is 13.6. The topological polar surface area (TPSA) is 66.4 Å². The average molecular weight is 650 g/mol. The van der Waals surface area contributed by atoms with Gasteiger partial charge in [-0.3, -0.25) is 0 Å². The van der Waals surface area contributed by atoms with Crippen molar-refractivity contribution < 1.29 is 28.5 Å². The predicted octanol–water partition coefficient (Wildman–Crippen LogP) is 8.04. The number of aliphatic hydroxyl groups is 1. The molecule has 3 rings (SSSR count). The number of hydrogen-bond acceptors (Lipinski definition) is 6. The number of ether oxygens (including phenoxy) is 4. The van der Waals surface area contributed by atoms with Gasteiger partial charge in [0, 0.05) is 4.47 Å². The number of halogens is 1. The van der Waals surface area contributed by atoms with Crippen LogP contribution in [0.5, 0.6) is 5.75 Å². The molecule has 2 aromatic carbocycles. The lowest BCUT2D eigenvalue weighted by atomic mass is 9.98. The van der Waals surface area contributed by atoms with Crippen molar-refractivity contribution in [3.8, 4) is 5.75 Å². The van der Waals surface area contributed by atoms with E-state index in [1.165, 1.54) is 0 Å². The lowest BCUT2D eigenvalue weighted by Gasteiger charge is -2.47. The summed E-state index contributed by atoms with van der Waals surface area (Å²) >= 11 is 3.49. The summed E-state index contributed by atoms with van der Waals surface area (Å²) < 4.78 is 33.5. The molecule has 228 valence electrons. The second kappa shape index (κ2) is 16.4. The van der Waals surface area contributed by atoms with Crippen LogP contribution < -0.4 is 4.74 Å². The molecule has 0 radical (unpaired) electrons. The van der Waals surface area contributed by atoms with Crippen LogP contribution in [0.25, 0.3) is 0 Å². The van der Waals surface area contributed by atoms with Crippen LogP contribution in [0.3, 0.4) is 0 Å². The summed E-state index contributed by atoms with van der Waals surface area (Å²) in [4.78, 5) is 0. The first-order valence-electron chi connectivity index (χ1n) is 14.9. The Hall–Kier alpha value is -1.52. The second-order valence-corrected chi connectivity index (χ2v) is 18.1. The quantitative estimate of drug-likeness (QED) is 0.113. The molecule has 0 bridgehead atoms. The van der Waals surface area contributed by atoms with E-state index < -0.39 is 39.0 Å². The van der Waals surface area contributed by atoms with Gasteiger partial charge < -0.3 is 28.5 Å². The Labute approximate surface area is 256 Å². The van der Waals surface area contributed by atoms with E-state index in [-0.39, 0.29) is 0 Å². The van der Waals surface area contributed by atoms with E-state index in [2.05, 4.69) is 64.1 Å². The molecule has 1 heterocycles. The summed E-state index contributed by atoms with van der Waals surface area (Å²) in [6, 6.07) is 17.6. The van der Waals surface area contributed by atoms with Crippen LogP contribution in [0.15, 0.2) is 71.7 Å². The third-order valence-electron chi connectivity index (χ3n) is 8.03. The van der Waals surface area contributed by atoms with Crippen LogP contribution in [0, 0.1) is 0 Å². The third kappa shape index (κ3) is 8.99. The largest absolute Gasteiger partial charge is 0.485 e. The van der Waals surface area contributed by atoms with E-state index in [0.717, 1.165) is 22.9 Å². The SMILES string of the molecule is C=CCCCO[C@@H]1O[C@H](CO[Si](C(C)C)(C(C)C)C(C)C)[C@@H](OCc2ccccc2)[C@H](Oc2ccc(Br)cc2)[C@@H]1O. The standard InChI is InChI=1S/C33H49BrO6Si/c1-8-9-13-20-36-33-30(35)32(39-28-18-16-27(34)17-19-28)31(37-21-26-14-11-10-12-15-26)29(40-33)22-38-41(23(2)3,24(4)5)25(6)7/h8,10-12,14-19,23-25,29-33,35H,1,9,13,20-22H2,2-7H3/t29-,30+,31-,32-,33-/m1/s1. The van der Waals surface area contributed by atoms with Gasteiger partial charge in [-0.05, 0) is 59.3 Å². The summed E-state index contributed by atoms with van der Waals surface area (Å²) in [6.07, 6.45) is -0.315. The molecule has 1 fully saturated rings. The molecule has 5 atom stereocenters. The number of allylic oxidation sites excluding steroid dienone is 1. The first-order chi connectivity index (χ1) is 19.6. The molecular formula is C33H49BrO6Si. The van der Waals surface area contributed by atoms with Crippen molar-refractivity contribution in [1.29, 1.82) is 0 Å². The lowest BCUT2D eigenvalue weighted by Crippen LogP contribution is -2.63. The van der Waals surface area contributed by atoms with Crippen molar-refractivity contribution >= 4 is 24.2 Å². The van der Waals surface area contributed by atoms with Crippen molar-refractivity contribution in [3.05, 3.63) is 77.3 Å². The number of benzene rings is 2. The van der Waals surface area contributed by atoms with E-state index in [1.807, 2.05) is 60.7 Å². The van der Waals surface area contributed by atoms with Gasteiger partial charge >= 0.3 is 0 Å². The molecule has 0 saturated carbocycles. The van der Waals surface area contributed by atoms with Crippen LogP contribution >= 0.6 is 15.9 Å². The molecule has 0 unspecified atom stereocenters. The van der Waals surface area contributed by atoms with Gasteiger partial charge in [0.2, 0.25) is 0 Å². The molecule has 0 aliphatic carbocycles. The maximum absolute atomic E-state index is 11.6. The Morgan fingerprint density at radius 2 is 1.56 bits per heavy atom. The van der Waals surface area contributed by atoms with Crippen molar-refractivity contribution in [2.24, 2.45) is 0 Å². The number of hydrogen-bond donors (Lipinski definition) is 1. The van der Waals surface area contributed by atoms with Crippen molar-refractivity contribution in [2.75, 3.05) is 13.2 Å². The molecule has 6 nitrogen and oxygen atoms in total. The van der Waals surface area contributed by atoms with Gasteiger partial charge in [-0.15, -0.1) is 6.58 Å². The van der Waals surface area contributed by atoms with Gasteiger partial charge in [-0.2, -0.15) is 0 Å². The minimum Gasteiger partial charge on any atom is -0.485 e. The van der Waals surface area contributed by atoms with Gasteiger partial charge in [-0.1, -0.05) is 93.9 Å². The monoisotopic (exact) mass is 648 g/mol. The highest BCUT2D eigenvalue weighted by Crippen LogP contribution is 2.43. The van der Waals surface area contributed by atoms with E-state index in [9.17, 15) is 5.11 Å². The second-order valence-electron chi connectivity index (χ2n) is 11.8. The van der Waals surface area contributed by atoms with E-state index in [1.54, 1.807) is 0 Å². The summed E-state index contributed by atoms with van der Waals surface area (Å²) in [7, 11) is -2.20. The zero-order valence-corrected chi connectivity index (χ0v) is 28.1. The maximum Gasteiger partial charge on any atom is 0.200 e. The molecular weight excluding hydrogens is 600 g/mol. The Balaban J connectivity index is 1.94. The van der Waals surface area contributed by atoms with Crippen molar-refractivity contribution in [3.63, 3.8) is 0 Å². The number of aliphatic hydroxyl groups excluding tert-OH is 1. The Bertz CT molecular complexity index is 1010. The Morgan fingerprint density at radius 3 is 2.15 bits per heavy atom. The molecule has 1 aliphatic rings. The zero-order chi connectivity index (χ0) is 30.0. The molecule has 1 saturated heterocycles. The maximum atomic E-state index is 11.6. The highest BCUT2D eigenvalue weighted by atomic mass is 79.9. The summed E-state index contributed by atoms with van der Waals surface area (Å²) in [6.45, 7) is 18.5. The summed E-state index contributed by atoms with van der Waals surface area (Å²) in [5.74, 6) is 0.632. The molecule has 8 heteroatoms. The Morgan fingerprint density at radius 1 is 0.927 bits per heavy atom. The summed E-state index contributed by atoms with van der Waals surface area (Å²) in [5.41, 5.74) is 2.28. The van der Waals surface area contributed by atoms with E-state index in [0.29, 0.717) is 42.2 Å². The number of rotatable bonds is 16. The fourth-order valence-corrected chi connectivity index (χ4v) is 11.8. The van der Waals surface area contributed by atoms with Gasteiger partial charge in [0.1, 0.15) is 24.1 Å². The smallest absolute Gasteiger partial charge is 0.200 e. The predicted molar refractivity (Wildman–Crippen MR) is 171 cm³/mol. The van der Waals surface area contributed by atoms with E-state index >= 15 is 0 Å². The minimum absolute atomic E-state index is 0.333. The first-order valence-corrected chi connectivity index (χ1v) is 17.8. The fourth-order valence-electron chi connectivity index (χ4n) is 6.09. The average Bonchev–Trinajstić information content (AvgIpc) is 2.94. The fraction of sp³-hybridized carbons (Fsp3) is 0.576. The van der Waals surface area contributed by atoms with Crippen LogP contribution in [0.4, 0.5) is 0 Å². The van der Waals surface area contributed by atoms with Gasteiger partial charge in [-0.25, -0.2) is 0 Å². The zero-order valence-electron chi connectivity index (χ0n) is 25.5. The highest BCUT2D eigenvalue weighted by Gasteiger charge is 2.51. The lowest BCUT2D eigenvalue weighted by molar-refractivity contribution is -0.304. The molecule has 0 aromatic heterocycles. The highest BCUT2D eigenvalue weighted by molar-refractivity contribution is 9.10. The molecule has 0 amide bonds. The third-order valence-corrected chi connectivity index (χ3v) is 14.6. The molecule has 2 aromatic rings. The van der Waals surface area contributed by atoms with Crippen molar-refractivity contribution in [2.45, 2.75) is 108 Å². The van der Waals surface area contributed by atoms with E-state index in [4.69, 9.17) is 23.4 Å². The first kappa shape index (κ1) is 34.0. The molecule has 1 aliphatic heterocycles. The van der Waals surface area contributed by atoms with Crippen LogP contribution in [-0.2, 0) is 25.2 Å². The van der Waals surface area contributed by atoms with Gasteiger partial charge in [0.25, 0.3) is 0 Å². The molecule has 41 heavy (non-hydrogen) atoms. The van der Waals surface area contributed by atoms with Gasteiger partial charge in [0.15, 0.2) is 20.7 Å². The van der Waals surface area contributed by atoms with Crippen LogP contribution in [0.2, 0.25) is 16.6 Å². The minimum atomic E-state index is -2.20. The van der Waals surface area contributed by atoms with Crippen LogP contribution in [-0.4, -0.2) is 57.3 Å².